The van der Waals surface area contributed by atoms with Crippen LogP contribution in [0, 0.1) is 20.8 Å². The van der Waals surface area contributed by atoms with E-state index in [0.29, 0.717) is 11.4 Å². The first-order valence-corrected chi connectivity index (χ1v) is 5.62. The summed E-state index contributed by atoms with van der Waals surface area (Å²) in [5.74, 6) is 0.479. The van der Waals surface area contributed by atoms with Gasteiger partial charge >= 0.3 is 0 Å². The van der Waals surface area contributed by atoms with Gasteiger partial charge in [0.05, 0.1) is 5.69 Å². The maximum absolute atomic E-state index is 12.3. The monoisotopic (exact) mass is 228 g/mol. The Morgan fingerprint density at radius 3 is 2.18 bits per heavy atom. The van der Waals surface area contributed by atoms with E-state index in [1.807, 2.05) is 56.7 Å². The number of carbonyl (C=O) groups is 1. The van der Waals surface area contributed by atoms with Gasteiger partial charge in [-0.05, 0) is 20.8 Å². The van der Waals surface area contributed by atoms with Crippen molar-refractivity contribution >= 4 is 5.78 Å². The summed E-state index contributed by atoms with van der Waals surface area (Å²) in [5.41, 5.74) is 3.76. The third-order valence-corrected chi connectivity index (χ3v) is 3.13. The second-order valence-corrected chi connectivity index (χ2v) is 4.36. The Bertz CT molecular complexity index is 565. The Balaban J connectivity index is 2.44. The normalized spacial score (nSPS) is 10.6. The first-order valence-electron chi connectivity index (χ1n) is 5.62. The molecule has 1 aromatic carbocycles. The van der Waals surface area contributed by atoms with Crippen LogP contribution >= 0.6 is 0 Å². The van der Waals surface area contributed by atoms with Crippen molar-refractivity contribution in [1.29, 1.82) is 0 Å². The van der Waals surface area contributed by atoms with Gasteiger partial charge in [0, 0.05) is 18.3 Å². The number of ketones is 1. The lowest BCUT2D eigenvalue weighted by Gasteiger charge is -2.03. The van der Waals surface area contributed by atoms with Crippen LogP contribution in [-0.2, 0) is 7.05 Å². The van der Waals surface area contributed by atoms with Crippen LogP contribution in [0.2, 0.25) is 0 Å². The van der Waals surface area contributed by atoms with E-state index in [1.165, 1.54) is 0 Å². The maximum Gasteiger partial charge on any atom is 0.228 e. The van der Waals surface area contributed by atoms with Crippen molar-refractivity contribution in [3.05, 3.63) is 52.6 Å². The average Bonchev–Trinajstić information content (AvgIpc) is 2.57. The maximum atomic E-state index is 12.3. The largest absolute Gasteiger partial charge is 0.328 e. The van der Waals surface area contributed by atoms with E-state index in [1.54, 1.807) is 0 Å². The van der Waals surface area contributed by atoms with Crippen molar-refractivity contribution < 1.29 is 4.79 Å². The molecular formula is C14H16N2O. The van der Waals surface area contributed by atoms with Crippen LogP contribution in [0.1, 0.15) is 33.1 Å². The van der Waals surface area contributed by atoms with Crippen LogP contribution in [0.4, 0.5) is 0 Å². The van der Waals surface area contributed by atoms with Gasteiger partial charge in [0.25, 0.3) is 0 Å². The van der Waals surface area contributed by atoms with Crippen molar-refractivity contribution in [3.8, 4) is 0 Å². The lowest BCUT2D eigenvalue weighted by atomic mass is 10.1. The predicted octanol–water partition coefficient (Wildman–Crippen LogP) is 2.58. The smallest absolute Gasteiger partial charge is 0.228 e. The summed E-state index contributed by atoms with van der Waals surface area (Å²) in [6.45, 7) is 5.89. The van der Waals surface area contributed by atoms with Gasteiger partial charge in [-0.3, -0.25) is 4.79 Å². The molecule has 0 aliphatic carbocycles. The predicted molar refractivity (Wildman–Crippen MR) is 67.3 cm³/mol. The second kappa shape index (κ2) is 4.17. The van der Waals surface area contributed by atoms with E-state index in [4.69, 9.17) is 0 Å². The van der Waals surface area contributed by atoms with Crippen LogP contribution in [0.25, 0.3) is 0 Å². The van der Waals surface area contributed by atoms with E-state index in [-0.39, 0.29) is 5.78 Å². The van der Waals surface area contributed by atoms with Gasteiger partial charge < -0.3 is 4.57 Å². The van der Waals surface area contributed by atoms with Crippen molar-refractivity contribution in [1.82, 2.24) is 9.55 Å². The van der Waals surface area contributed by atoms with Crippen LogP contribution in [0.15, 0.2) is 24.3 Å². The molecule has 17 heavy (non-hydrogen) atoms. The molecule has 2 aromatic rings. The van der Waals surface area contributed by atoms with E-state index in [2.05, 4.69) is 4.98 Å². The molecule has 0 bridgehead atoms. The van der Waals surface area contributed by atoms with Gasteiger partial charge in [0.2, 0.25) is 5.78 Å². The van der Waals surface area contributed by atoms with Gasteiger partial charge in [0.15, 0.2) is 5.82 Å². The first kappa shape index (κ1) is 11.6. The van der Waals surface area contributed by atoms with Gasteiger partial charge in [0.1, 0.15) is 0 Å². The highest BCUT2D eigenvalue weighted by Crippen LogP contribution is 2.13. The van der Waals surface area contributed by atoms with Crippen LogP contribution in [0.3, 0.4) is 0 Å². The van der Waals surface area contributed by atoms with Crippen molar-refractivity contribution in [2.24, 2.45) is 7.05 Å². The minimum absolute atomic E-state index is 0.0244. The zero-order valence-corrected chi connectivity index (χ0v) is 10.6. The molecule has 0 fully saturated rings. The van der Waals surface area contributed by atoms with Crippen LogP contribution in [0.5, 0.6) is 0 Å². The standard InChI is InChI=1S/C14H16N2O/c1-9-5-7-12(8-6-9)13(17)14-15-10(2)11(3)16(14)4/h5-8H,1-4H3. The number of hydrogen-bond acceptors (Lipinski definition) is 2. The molecule has 0 atom stereocenters. The minimum atomic E-state index is -0.0244. The van der Waals surface area contributed by atoms with E-state index in [0.717, 1.165) is 17.0 Å². The number of aromatic nitrogens is 2. The molecule has 3 nitrogen and oxygen atoms in total. The SMILES string of the molecule is Cc1ccc(C(=O)c2nc(C)c(C)n2C)cc1. The van der Waals surface area contributed by atoms with E-state index in [9.17, 15) is 4.79 Å². The molecule has 88 valence electrons. The third kappa shape index (κ3) is 2.00. The molecule has 1 heterocycles. The number of aryl methyl sites for hydroxylation is 2. The molecule has 1 aromatic heterocycles. The minimum Gasteiger partial charge on any atom is -0.328 e. The zero-order chi connectivity index (χ0) is 12.6. The van der Waals surface area contributed by atoms with Crippen LogP contribution < -0.4 is 0 Å². The Kier molecular flexibility index (Phi) is 2.84. The summed E-state index contributed by atoms with van der Waals surface area (Å²) in [4.78, 5) is 16.6. The summed E-state index contributed by atoms with van der Waals surface area (Å²) >= 11 is 0. The highest BCUT2D eigenvalue weighted by molar-refractivity contribution is 6.06. The number of carbonyl (C=O) groups excluding carboxylic acids is 1. The molecule has 0 spiro atoms. The molecule has 0 radical (unpaired) electrons. The lowest BCUT2D eigenvalue weighted by molar-refractivity contribution is 0.102. The molecule has 0 saturated carbocycles. The molecule has 3 heteroatoms. The van der Waals surface area contributed by atoms with Crippen molar-refractivity contribution in [3.63, 3.8) is 0 Å². The summed E-state index contributed by atoms with van der Waals surface area (Å²) < 4.78 is 1.84. The summed E-state index contributed by atoms with van der Waals surface area (Å²) in [6, 6.07) is 7.57. The van der Waals surface area contributed by atoms with E-state index >= 15 is 0 Å². The lowest BCUT2D eigenvalue weighted by Crippen LogP contribution is -2.09. The molecule has 0 aliphatic rings. The second-order valence-electron chi connectivity index (χ2n) is 4.36. The summed E-state index contributed by atoms with van der Waals surface area (Å²) in [5, 5.41) is 0. The average molecular weight is 228 g/mol. The van der Waals surface area contributed by atoms with Gasteiger partial charge in [-0.2, -0.15) is 0 Å². The summed E-state index contributed by atoms with van der Waals surface area (Å²) in [6.07, 6.45) is 0. The fourth-order valence-corrected chi connectivity index (χ4v) is 1.75. The van der Waals surface area contributed by atoms with E-state index < -0.39 is 0 Å². The molecule has 2 rings (SSSR count). The highest BCUT2D eigenvalue weighted by atomic mass is 16.1. The van der Waals surface area contributed by atoms with Crippen molar-refractivity contribution in [2.45, 2.75) is 20.8 Å². The van der Waals surface area contributed by atoms with Gasteiger partial charge in [-0.15, -0.1) is 0 Å². The Morgan fingerprint density at radius 1 is 1.12 bits per heavy atom. The third-order valence-electron chi connectivity index (χ3n) is 3.13. The van der Waals surface area contributed by atoms with Gasteiger partial charge in [-0.1, -0.05) is 29.8 Å². The first-order chi connectivity index (χ1) is 8.00. The fourth-order valence-electron chi connectivity index (χ4n) is 1.75. The highest BCUT2D eigenvalue weighted by Gasteiger charge is 2.16. The summed E-state index contributed by atoms with van der Waals surface area (Å²) in [7, 11) is 1.87. The zero-order valence-electron chi connectivity index (χ0n) is 10.6. The Morgan fingerprint density at radius 2 is 1.71 bits per heavy atom. The molecule has 0 saturated heterocycles. The Labute approximate surface area is 101 Å². The number of hydrogen-bond donors (Lipinski definition) is 0. The molecule has 0 aliphatic heterocycles. The van der Waals surface area contributed by atoms with Crippen LogP contribution in [-0.4, -0.2) is 15.3 Å². The molecule has 0 amide bonds. The van der Waals surface area contributed by atoms with Gasteiger partial charge in [-0.25, -0.2) is 4.98 Å². The molecule has 0 unspecified atom stereocenters. The topological polar surface area (TPSA) is 34.9 Å². The van der Waals surface area contributed by atoms with Crippen molar-refractivity contribution in [2.75, 3.05) is 0 Å². The number of imidazole rings is 1. The quantitative estimate of drug-likeness (QED) is 0.740. The molecule has 0 N–H and O–H groups in total. The number of benzene rings is 1. The fraction of sp³-hybridized carbons (Fsp3) is 0.286. The number of rotatable bonds is 2. The molecular weight excluding hydrogens is 212 g/mol. The Hall–Kier alpha value is -1.90. The number of nitrogens with zero attached hydrogens (tertiary/aromatic N) is 2.